The number of methoxy groups -OCH3 is 1. The number of halogens is 1. The molecular formula is C11H16BrNOS. The molecule has 0 atom stereocenters. The van der Waals surface area contributed by atoms with E-state index in [4.69, 9.17) is 4.74 Å². The lowest BCUT2D eigenvalue weighted by atomic mass is 9.80. The molecule has 1 heterocycles. The van der Waals surface area contributed by atoms with Gasteiger partial charge in [0.2, 0.25) is 0 Å². The normalized spacial score (nSPS) is 18.8. The van der Waals surface area contributed by atoms with Gasteiger partial charge in [0.15, 0.2) is 0 Å². The Kier molecular flexibility index (Phi) is 3.83. The fourth-order valence-electron chi connectivity index (χ4n) is 1.90. The van der Waals surface area contributed by atoms with Gasteiger partial charge in [-0.1, -0.05) is 0 Å². The summed E-state index contributed by atoms with van der Waals surface area (Å²) in [5.74, 6) is 0. The van der Waals surface area contributed by atoms with Crippen molar-refractivity contribution in [1.82, 2.24) is 5.32 Å². The van der Waals surface area contributed by atoms with Gasteiger partial charge in [-0.05, 0) is 52.2 Å². The number of nitrogens with one attached hydrogen (secondary N) is 1. The lowest BCUT2D eigenvalue weighted by molar-refractivity contribution is -0.0695. The zero-order valence-corrected chi connectivity index (χ0v) is 11.3. The molecule has 1 N–H and O–H groups in total. The topological polar surface area (TPSA) is 21.3 Å². The lowest BCUT2D eigenvalue weighted by Gasteiger charge is -2.40. The van der Waals surface area contributed by atoms with Crippen LogP contribution in [0.2, 0.25) is 0 Å². The van der Waals surface area contributed by atoms with E-state index in [1.165, 1.54) is 28.6 Å². The standard InChI is InChI=1S/C11H16BrNOS/c1-14-11(3-2-4-11)8-13-6-9-5-10(12)15-7-9/h5,7,13H,2-4,6,8H2,1H3. The van der Waals surface area contributed by atoms with Crippen molar-refractivity contribution < 1.29 is 4.74 Å². The van der Waals surface area contributed by atoms with Crippen LogP contribution in [0.1, 0.15) is 24.8 Å². The van der Waals surface area contributed by atoms with Gasteiger partial charge in [-0.15, -0.1) is 11.3 Å². The van der Waals surface area contributed by atoms with Gasteiger partial charge in [0.05, 0.1) is 9.39 Å². The highest BCUT2D eigenvalue weighted by Crippen LogP contribution is 2.34. The van der Waals surface area contributed by atoms with Crippen molar-refractivity contribution in [2.75, 3.05) is 13.7 Å². The molecule has 1 aromatic heterocycles. The lowest BCUT2D eigenvalue weighted by Crippen LogP contribution is -2.47. The summed E-state index contributed by atoms with van der Waals surface area (Å²) in [4.78, 5) is 0. The Morgan fingerprint density at radius 1 is 1.60 bits per heavy atom. The molecule has 2 nitrogen and oxygen atoms in total. The zero-order valence-electron chi connectivity index (χ0n) is 8.88. The van der Waals surface area contributed by atoms with Gasteiger partial charge < -0.3 is 10.1 Å². The summed E-state index contributed by atoms with van der Waals surface area (Å²) in [7, 11) is 1.82. The first kappa shape index (κ1) is 11.6. The van der Waals surface area contributed by atoms with Crippen LogP contribution in [0.5, 0.6) is 0 Å². The molecule has 0 saturated heterocycles. The molecule has 4 heteroatoms. The number of thiophene rings is 1. The van der Waals surface area contributed by atoms with E-state index in [1.54, 1.807) is 11.3 Å². The van der Waals surface area contributed by atoms with Gasteiger partial charge in [0.1, 0.15) is 0 Å². The molecule has 1 fully saturated rings. The first-order valence-corrected chi connectivity index (χ1v) is 6.90. The quantitative estimate of drug-likeness (QED) is 0.899. The molecule has 0 radical (unpaired) electrons. The highest BCUT2D eigenvalue weighted by Gasteiger charge is 2.36. The van der Waals surface area contributed by atoms with Gasteiger partial charge in [-0.25, -0.2) is 0 Å². The van der Waals surface area contributed by atoms with Crippen molar-refractivity contribution in [3.8, 4) is 0 Å². The summed E-state index contributed by atoms with van der Waals surface area (Å²) in [6.45, 7) is 1.91. The molecule has 0 aliphatic heterocycles. The smallest absolute Gasteiger partial charge is 0.0802 e. The Balaban J connectivity index is 1.74. The largest absolute Gasteiger partial charge is 0.377 e. The summed E-state index contributed by atoms with van der Waals surface area (Å²) in [5, 5.41) is 5.65. The van der Waals surface area contributed by atoms with Crippen molar-refractivity contribution in [1.29, 1.82) is 0 Å². The molecule has 1 saturated carbocycles. The predicted octanol–water partition coefficient (Wildman–Crippen LogP) is 3.17. The van der Waals surface area contributed by atoms with E-state index in [1.807, 2.05) is 7.11 Å². The second-order valence-electron chi connectivity index (χ2n) is 4.10. The van der Waals surface area contributed by atoms with Crippen LogP contribution < -0.4 is 5.32 Å². The Bertz CT molecular complexity index is 317. The maximum absolute atomic E-state index is 5.55. The second-order valence-corrected chi connectivity index (χ2v) is 6.39. The summed E-state index contributed by atoms with van der Waals surface area (Å²) in [6.07, 6.45) is 3.70. The summed E-state index contributed by atoms with van der Waals surface area (Å²) >= 11 is 5.20. The van der Waals surface area contributed by atoms with Gasteiger partial charge in [-0.2, -0.15) is 0 Å². The highest BCUT2D eigenvalue weighted by atomic mass is 79.9. The number of ether oxygens (including phenoxy) is 1. The molecule has 15 heavy (non-hydrogen) atoms. The molecule has 0 bridgehead atoms. The Morgan fingerprint density at radius 2 is 2.40 bits per heavy atom. The molecule has 1 aliphatic rings. The van der Waals surface area contributed by atoms with Crippen LogP contribution in [0.15, 0.2) is 15.2 Å². The first-order chi connectivity index (χ1) is 7.24. The number of rotatable bonds is 5. The van der Waals surface area contributed by atoms with Crippen molar-refractivity contribution in [3.63, 3.8) is 0 Å². The maximum Gasteiger partial charge on any atom is 0.0802 e. The molecular weight excluding hydrogens is 274 g/mol. The third-order valence-corrected chi connectivity index (χ3v) is 4.65. The number of hydrogen-bond donors (Lipinski definition) is 1. The van der Waals surface area contributed by atoms with E-state index in [2.05, 4.69) is 32.7 Å². The SMILES string of the molecule is COC1(CNCc2csc(Br)c2)CCC1. The van der Waals surface area contributed by atoms with Crippen LogP contribution in [-0.4, -0.2) is 19.3 Å². The van der Waals surface area contributed by atoms with Gasteiger partial charge >= 0.3 is 0 Å². The highest BCUT2D eigenvalue weighted by molar-refractivity contribution is 9.11. The Labute approximate surface area is 103 Å². The van der Waals surface area contributed by atoms with E-state index in [0.717, 1.165) is 13.1 Å². The minimum atomic E-state index is 0.132. The molecule has 0 unspecified atom stereocenters. The summed E-state index contributed by atoms with van der Waals surface area (Å²) in [5.41, 5.74) is 1.48. The first-order valence-electron chi connectivity index (χ1n) is 5.23. The van der Waals surface area contributed by atoms with Crippen LogP contribution in [0.25, 0.3) is 0 Å². The summed E-state index contributed by atoms with van der Waals surface area (Å²) < 4.78 is 6.75. The minimum Gasteiger partial charge on any atom is -0.377 e. The molecule has 1 aliphatic carbocycles. The van der Waals surface area contributed by atoms with Crippen LogP contribution in [0.4, 0.5) is 0 Å². The van der Waals surface area contributed by atoms with E-state index in [9.17, 15) is 0 Å². The van der Waals surface area contributed by atoms with Crippen molar-refractivity contribution >= 4 is 27.3 Å². The average molecular weight is 290 g/mol. The molecule has 84 valence electrons. The number of hydrogen-bond acceptors (Lipinski definition) is 3. The predicted molar refractivity (Wildman–Crippen MR) is 67.3 cm³/mol. The average Bonchev–Trinajstić information content (AvgIpc) is 2.56. The van der Waals surface area contributed by atoms with Crippen LogP contribution in [0, 0.1) is 0 Å². The monoisotopic (exact) mass is 289 g/mol. The molecule has 0 amide bonds. The fraction of sp³-hybridized carbons (Fsp3) is 0.636. The molecule has 0 spiro atoms. The van der Waals surface area contributed by atoms with Crippen LogP contribution in [-0.2, 0) is 11.3 Å². The van der Waals surface area contributed by atoms with Crippen LogP contribution in [0.3, 0.4) is 0 Å². The fourth-order valence-corrected chi connectivity index (χ4v) is 3.11. The van der Waals surface area contributed by atoms with Gasteiger partial charge in [-0.3, -0.25) is 0 Å². The van der Waals surface area contributed by atoms with E-state index >= 15 is 0 Å². The van der Waals surface area contributed by atoms with Crippen molar-refractivity contribution in [2.24, 2.45) is 0 Å². The van der Waals surface area contributed by atoms with Gasteiger partial charge in [0.25, 0.3) is 0 Å². The Hall–Kier alpha value is 0.100. The molecule has 2 rings (SSSR count). The Morgan fingerprint density at radius 3 is 2.87 bits per heavy atom. The van der Waals surface area contributed by atoms with Gasteiger partial charge in [0, 0.05) is 20.2 Å². The van der Waals surface area contributed by atoms with Crippen LogP contribution >= 0.6 is 27.3 Å². The summed E-state index contributed by atoms with van der Waals surface area (Å²) in [6, 6.07) is 2.16. The molecule has 1 aromatic rings. The van der Waals surface area contributed by atoms with Crippen molar-refractivity contribution in [3.05, 3.63) is 20.8 Å². The van der Waals surface area contributed by atoms with E-state index in [-0.39, 0.29) is 5.60 Å². The van der Waals surface area contributed by atoms with Crippen molar-refractivity contribution in [2.45, 2.75) is 31.4 Å². The molecule has 0 aromatic carbocycles. The third kappa shape index (κ3) is 2.81. The minimum absolute atomic E-state index is 0.132. The second kappa shape index (κ2) is 4.95. The van der Waals surface area contributed by atoms with E-state index in [0.29, 0.717) is 0 Å². The van der Waals surface area contributed by atoms with E-state index < -0.39 is 0 Å². The maximum atomic E-state index is 5.55. The third-order valence-electron chi connectivity index (χ3n) is 3.10. The zero-order chi connectivity index (χ0) is 10.7.